The summed E-state index contributed by atoms with van der Waals surface area (Å²) >= 11 is 0. The minimum absolute atomic E-state index is 0.328. The van der Waals surface area contributed by atoms with Crippen LogP contribution >= 0.6 is 0 Å². The Balaban J connectivity index is 2.02. The molecule has 4 nitrogen and oxygen atoms in total. The van der Waals surface area contributed by atoms with Gasteiger partial charge in [-0.3, -0.25) is 0 Å². The Bertz CT molecular complexity index is 889. The predicted molar refractivity (Wildman–Crippen MR) is 75.7 cm³/mol. The number of nitrogens with two attached hydrogens (primary N) is 1. The minimum Gasteiger partial charge on any atom is -0.368 e. The number of nitrogens with zero attached hydrogens (tertiary/aromatic N) is 1. The van der Waals surface area contributed by atoms with Crippen molar-refractivity contribution in [1.29, 1.82) is 0 Å². The van der Waals surface area contributed by atoms with Crippen LogP contribution in [0.1, 0.15) is 0 Å². The van der Waals surface area contributed by atoms with Gasteiger partial charge in [0.1, 0.15) is 5.69 Å². The van der Waals surface area contributed by atoms with Gasteiger partial charge in [0.2, 0.25) is 5.88 Å². The van der Waals surface area contributed by atoms with Crippen LogP contribution in [-0.2, 0) is 0 Å². The number of H-pyrrole nitrogens is 1. The second-order valence-electron chi connectivity index (χ2n) is 4.55. The SMILES string of the molecule is Nc1cc(-c2ccc3[nH]c4ccccc4c3c2)no1. The smallest absolute Gasteiger partial charge is 0.222 e. The number of nitrogen functional groups attached to an aromatic ring is 1. The molecule has 19 heavy (non-hydrogen) atoms. The number of nitrogens with one attached hydrogen (secondary N) is 1. The molecule has 4 rings (SSSR count). The third-order valence-electron chi connectivity index (χ3n) is 3.33. The van der Waals surface area contributed by atoms with Crippen molar-refractivity contribution in [1.82, 2.24) is 10.1 Å². The maximum absolute atomic E-state index is 5.56. The summed E-state index contributed by atoms with van der Waals surface area (Å²) in [6, 6.07) is 16.1. The number of aromatic nitrogens is 2. The number of para-hydroxylation sites is 1. The van der Waals surface area contributed by atoms with E-state index in [1.165, 1.54) is 10.8 Å². The van der Waals surface area contributed by atoms with Gasteiger partial charge in [0, 0.05) is 33.4 Å². The minimum atomic E-state index is 0.328. The summed E-state index contributed by atoms with van der Waals surface area (Å²) in [4.78, 5) is 3.39. The van der Waals surface area contributed by atoms with E-state index in [0.717, 1.165) is 22.3 Å². The predicted octanol–water partition coefficient (Wildman–Crippen LogP) is 3.56. The summed E-state index contributed by atoms with van der Waals surface area (Å²) in [5.74, 6) is 0.328. The normalized spacial score (nSPS) is 11.4. The van der Waals surface area contributed by atoms with Crippen LogP contribution < -0.4 is 5.73 Å². The third-order valence-corrected chi connectivity index (χ3v) is 3.33. The molecule has 92 valence electrons. The molecule has 0 aliphatic carbocycles. The highest BCUT2D eigenvalue weighted by atomic mass is 16.5. The van der Waals surface area contributed by atoms with Crippen molar-refractivity contribution >= 4 is 27.7 Å². The summed E-state index contributed by atoms with van der Waals surface area (Å²) < 4.78 is 4.92. The first-order valence-electron chi connectivity index (χ1n) is 6.04. The van der Waals surface area contributed by atoms with E-state index in [4.69, 9.17) is 10.3 Å². The second-order valence-corrected chi connectivity index (χ2v) is 4.55. The fourth-order valence-electron chi connectivity index (χ4n) is 2.43. The van der Waals surface area contributed by atoms with Gasteiger partial charge in [-0.05, 0) is 18.2 Å². The molecule has 0 unspecified atom stereocenters. The highest BCUT2D eigenvalue weighted by Crippen LogP contribution is 2.29. The molecule has 0 spiro atoms. The van der Waals surface area contributed by atoms with Crippen molar-refractivity contribution < 1.29 is 4.52 Å². The van der Waals surface area contributed by atoms with Crippen LogP contribution in [0.25, 0.3) is 33.1 Å². The van der Waals surface area contributed by atoms with E-state index in [2.05, 4.69) is 34.4 Å². The molecule has 0 aliphatic heterocycles. The summed E-state index contributed by atoms with van der Waals surface area (Å²) in [5, 5.41) is 6.33. The number of anilines is 1. The number of benzene rings is 2. The Morgan fingerprint density at radius 1 is 0.947 bits per heavy atom. The first-order valence-corrected chi connectivity index (χ1v) is 6.04. The topological polar surface area (TPSA) is 67.8 Å². The Labute approximate surface area is 108 Å². The van der Waals surface area contributed by atoms with Crippen LogP contribution in [0.3, 0.4) is 0 Å². The number of rotatable bonds is 1. The summed E-state index contributed by atoms with van der Waals surface area (Å²) in [5.41, 5.74) is 9.56. The van der Waals surface area contributed by atoms with Gasteiger partial charge >= 0.3 is 0 Å². The average Bonchev–Trinajstić information content (AvgIpc) is 3.01. The van der Waals surface area contributed by atoms with Crippen molar-refractivity contribution in [3.63, 3.8) is 0 Å². The number of aromatic amines is 1. The fraction of sp³-hybridized carbons (Fsp3) is 0. The van der Waals surface area contributed by atoms with E-state index in [9.17, 15) is 0 Å². The van der Waals surface area contributed by atoms with E-state index >= 15 is 0 Å². The number of hydrogen-bond donors (Lipinski definition) is 2. The van der Waals surface area contributed by atoms with Crippen LogP contribution in [0.5, 0.6) is 0 Å². The standard InChI is InChI=1S/C15H11N3O/c16-15-8-14(18-19-15)9-5-6-13-11(7-9)10-3-1-2-4-12(10)17-13/h1-8,17H,16H2. The molecular formula is C15H11N3O. The van der Waals surface area contributed by atoms with Crippen LogP contribution in [0.4, 0.5) is 5.88 Å². The lowest BCUT2D eigenvalue weighted by Gasteiger charge is -1.96. The van der Waals surface area contributed by atoms with Gasteiger partial charge in [0.05, 0.1) is 0 Å². The molecule has 2 aromatic carbocycles. The fourth-order valence-corrected chi connectivity index (χ4v) is 2.43. The highest BCUT2D eigenvalue weighted by molar-refractivity contribution is 6.08. The monoisotopic (exact) mass is 249 g/mol. The van der Waals surface area contributed by atoms with Crippen LogP contribution in [0.2, 0.25) is 0 Å². The largest absolute Gasteiger partial charge is 0.368 e. The maximum atomic E-state index is 5.56. The molecule has 0 atom stereocenters. The van der Waals surface area contributed by atoms with Crippen LogP contribution in [-0.4, -0.2) is 10.1 Å². The van der Waals surface area contributed by atoms with E-state index in [-0.39, 0.29) is 0 Å². The van der Waals surface area contributed by atoms with Crippen molar-refractivity contribution in [2.24, 2.45) is 0 Å². The van der Waals surface area contributed by atoms with Crippen molar-refractivity contribution in [3.05, 3.63) is 48.5 Å². The molecule has 3 N–H and O–H groups in total. The highest BCUT2D eigenvalue weighted by Gasteiger charge is 2.08. The van der Waals surface area contributed by atoms with Gasteiger partial charge in [-0.15, -0.1) is 0 Å². The van der Waals surface area contributed by atoms with Crippen LogP contribution in [0, 0.1) is 0 Å². The zero-order valence-electron chi connectivity index (χ0n) is 10.1. The number of fused-ring (bicyclic) bond motifs is 3. The van der Waals surface area contributed by atoms with Gasteiger partial charge in [-0.1, -0.05) is 29.4 Å². The second kappa shape index (κ2) is 3.62. The van der Waals surface area contributed by atoms with E-state index in [1.54, 1.807) is 6.07 Å². The average molecular weight is 249 g/mol. The Kier molecular flexibility index (Phi) is 1.94. The van der Waals surface area contributed by atoms with Gasteiger partial charge < -0.3 is 15.2 Å². The molecule has 2 aromatic heterocycles. The van der Waals surface area contributed by atoms with Crippen molar-refractivity contribution in [3.8, 4) is 11.3 Å². The van der Waals surface area contributed by atoms with Crippen LogP contribution in [0.15, 0.2) is 53.1 Å². The molecule has 0 saturated heterocycles. The lowest BCUT2D eigenvalue weighted by Crippen LogP contribution is -1.78. The zero-order valence-corrected chi connectivity index (χ0v) is 10.1. The first-order chi connectivity index (χ1) is 9.31. The summed E-state index contributed by atoms with van der Waals surface area (Å²) in [6.45, 7) is 0. The number of hydrogen-bond acceptors (Lipinski definition) is 3. The molecule has 0 radical (unpaired) electrons. The van der Waals surface area contributed by atoms with Crippen molar-refractivity contribution in [2.75, 3.05) is 5.73 Å². The molecule has 2 heterocycles. The molecule has 4 aromatic rings. The van der Waals surface area contributed by atoms with Crippen molar-refractivity contribution in [2.45, 2.75) is 0 Å². The van der Waals surface area contributed by atoms with Gasteiger partial charge in [0.25, 0.3) is 0 Å². The lowest BCUT2D eigenvalue weighted by atomic mass is 10.1. The zero-order chi connectivity index (χ0) is 12.8. The van der Waals surface area contributed by atoms with Gasteiger partial charge in [-0.2, -0.15) is 0 Å². The molecule has 0 saturated carbocycles. The molecule has 0 amide bonds. The Hall–Kier alpha value is -2.75. The summed E-state index contributed by atoms with van der Waals surface area (Å²) in [6.07, 6.45) is 0. The quantitative estimate of drug-likeness (QED) is 0.542. The molecule has 0 fully saturated rings. The summed E-state index contributed by atoms with van der Waals surface area (Å²) in [7, 11) is 0. The Morgan fingerprint density at radius 3 is 2.63 bits per heavy atom. The maximum Gasteiger partial charge on any atom is 0.222 e. The third kappa shape index (κ3) is 1.50. The van der Waals surface area contributed by atoms with Gasteiger partial charge in [0.15, 0.2) is 0 Å². The molecule has 0 bridgehead atoms. The molecule has 4 heteroatoms. The van der Waals surface area contributed by atoms with Gasteiger partial charge in [-0.25, -0.2) is 0 Å². The van der Waals surface area contributed by atoms with E-state index in [1.807, 2.05) is 18.2 Å². The lowest BCUT2D eigenvalue weighted by molar-refractivity contribution is 0.439. The molecule has 0 aliphatic rings. The Morgan fingerprint density at radius 2 is 1.79 bits per heavy atom. The van der Waals surface area contributed by atoms with E-state index in [0.29, 0.717) is 5.88 Å². The molecular weight excluding hydrogens is 238 g/mol. The van der Waals surface area contributed by atoms with E-state index < -0.39 is 0 Å². The first kappa shape index (κ1) is 10.2.